The largest absolute Gasteiger partial charge is 0.311 e. The molecule has 0 aliphatic carbocycles. The molecule has 3 aromatic heterocycles. The van der Waals surface area contributed by atoms with Crippen molar-refractivity contribution < 1.29 is 0 Å². The van der Waals surface area contributed by atoms with Crippen molar-refractivity contribution in [3.63, 3.8) is 0 Å². The molecule has 0 amide bonds. The predicted octanol–water partition coefficient (Wildman–Crippen LogP) is 3.56. The van der Waals surface area contributed by atoms with E-state index < -0.39 is 0 Å². The number of benzene rings is 1. The molecular formula is C17H12Cl3N7. The van der Waals surface area contributed by atoms with E-state index in [1.54, 1.807) is 40.0 Å². The first kappa shape index (κ1) is 17.9. The standard InChI is InChI=1S/C17H12Cl3N7/c18-12-3-2-11(13(19)5-12)8-26-9-23-17-15(16(26)21)24-25-27(17)7-10-1-4-14(20)22-6-10/h1-6,9,21H,7-8H2. The van der Waals surface area contributed by atoms with Crippen LogP contribution in [0.3, 0.4) is 0 Å². The van der Waals surface area contributed by atoms with Crippen molar-refractivity contribution in [2.24, 2.45) is 0 Å². The summed E-state index contributed by atoms with van der Waals surface area (Å²) in [5, 5.41) is 18.2. The second-order valence-corrected chi connectivity index (χ2v) is 7.10. The number of halogens is 3. The Hall–Kier alpha value is -2.48. The third-order valence-corrected chi connectivity index (χ3v) is 4.83. The highest BCUT2D eigenvalue weighted by Gasteiger charge is 2.12. The van der Waals surface area contributed by atoms with Gasteiger partial charge in [-0.25, -0.2) is 14.6 Å². The van der Waals surface area contributed by atoms with Crippen molar-refractivity contribution in [2.75, 3.05) is 0 Å². The molecule has 1 N–H and O–H groups in total. The van der Waals surface area contributed by atoms with Gasteiger partial charge in [-0.1, -0.05) is 52.1 Å². The highest BCUT2D eigenvalue weighted by Crippen LogP contribution is 2.21. The van der Waals surface area contributed by atoms with E-state index in [0.29, 0.717) is 39.5 Å². The Balaban J connectivity index is 1.67. The molecule has 0 saturated heterocycles. The quantitative estimate of drug-likeness (QED) is 0.512. The molecule has 3 heterocycles. The van der Waals surface area contributed by atoms with E-state index in [-0.39, 0.29) is 5.49 Å². The average Bonchev–Trinajstić information content (AvgIpc) is 3.05. The smallest absolute Gasteiger partial charge is 0.184 e. The summed E-state index contributed by atoms with van der Waals surface area (Å²) in [4.78, 5) is 8.48. The van der Waals surface area contributed by atoms with Crippen LogP contribution in [0.25, 0.3) is 11.2 Å². The van der Waals surface area contributed by atoms with E-state index in [9.17, 15) is 0 Å². The number of rotatable bonds is 4. The van der Waals surface area contributed by atoms with Crippen molar-refractivity contribution in [3.8, 4) is 0 Å². The van der Waals surface area contributed by atoms with E-state index in [0.717, 1.165) is 11.1 Å². The molecule has 0 aliphatic heterocycles. The lowest BCUT2D eigenvalue weighted by atomic mass is 10.2. The second kappa shape index (κ2) is 7.26. The van der Waals surface area contributed by atoms with E-state index in [1.165, 1.54) is 0 Å². The number of hydrogen-bond donors (Lipinski definition) is 1. The van der Waals surface area contributed by atoms with Gasteiger partial charge in [0.25, 0.3) is 0 Å². The topological polar surface area (TPSA) is 85.3 Å². The van der Waals surface area contributed by atoms with Crippen molar-refractivity contribution >= 4 is 46.0 Å². The van der Waals surface area contributed by atoms with Crippen molar-refractivity contribution in [2.45, 2.75) is 13.1 Å². The van der Waals surface area contributed by atoms with Crippen molar-refractivity contribution in [3.05, 3.63) is 74.7 Å². The second-order valence-electron chi connectivity index (χ2n) is 5.87. The maximum atomic E-state index is 8.43. The zero-order valence-corrected chi connectivity index (χ0v) is 16.0. The first-order valence-corrected chi connectivity index (χ1v) is 9.02. The van der Waals surface area contributed by atoms with E-state index in [2.05, 4.69) is 20.3 Å². The summed E-state index contributed by atoms with van der Waals surface area (Å²) < 4.78 is 3.28. The average molecular weight is 421 g/mol. The molecule has 0 radical (unpaired) electrons. The summed E-state index contributed by atoms with van der Waals surface area (Å²) in [6, 6.07) is 8.82. The van der Waals surface area contributed by atoms with Gasteiger partial charge in [0.05, 0.1) is 19.4 Å². The molecule has 27 heavy (non-hydrogen) atoms. The fourth-order valence-electron chi connectivity index (χ4n) is 2.64. The van der Waals surface area contributed by atoms with Gasteiger partial charge in [0.1, 0.15) is 5.15 Å². The fourth-order valence-corrected chi connectivity index (χ4v) is 3.22. The van der Waals surface area contributed by atoms with Gasteiger partial charge in [-0.3, -0.25) is 5.41 Å². The molecule has 10 heteroatoms. The molecule has 0 spiro atoms. The highest BCUT2D eigenvalue weighted by molar-refractivity contribution is 6.35. The summed E-state index contributed by atoms with van der Waals surface area (Å²) in [5.74, 6) is 0. The van der Waals surface area contributed by atoms with E-state index in [1.807, 2.05) is 12.1 Å². The zero-order valence-electron chi connectivity index (χ0n) is 13.8. The Morgan fingerprint density at radius 3 is 2.59 bits per heavy atom. The number of fused-ring (bicyclic) bond motifs is 1. The minimum atomic E-state index is 0.200. The van der Waals surface area contributed by atoms with Crippen LogP contribution in [0.5, 0.6) is 0 Å². The summed E-state index contributed by atoms with van der Waals surface area (Å²) in [6.07, 6.45) is 3.25. The third kappa shape index (κ3) is 3.66. The molecule has 0 saturated carbocycles. The van der Waals surface area contributed by atoms with Crippen LogP contribution in [0.4, 0.5) is 0 Å². The minimum absolute atomic E-state index is 0.200. The van der Waals surface area contributed by atoms with Crippen LogP contribution in [-0.2, 0) is 13.1 Å². The molecular weight excluding hydrogens is 409 g/mol. The molecule has 0 bridgehead atoms. The Morgan fingerprint density at radius 2 is 1.85 bits per heavy atom. The normalized spacial score (nSPS) is 11.2. The predicted molar refractivity (Wildman–Crippen MR) is 103 cm³/mol. The molecule has 4 rings (SSSR count). The lowest BCUT2D eigenvalue weighted by molar-refractivity contribution is 0.661. The minimum Gasteiger partial charge on any atom is -0.311 e. The van der Waals surface area contributed by atoms with Gasteiger partial charge in [-0.15, -0.1) is 5.10 Å². The number of pyridine rings is 1. The number of aromatic nitrogens is 6. The van der Waals surface area contributed by atoms with Crippen molar-refractivity contribution in [1.82, 2.24) is 29.5 Å². The van der Waals surface area contributed by atoms with Crippen LogP contribution >= 0.6 is 34.8 Å². The summed E-state index contributed by atoms with van der Waals surface area (Å²) in [7, 11) is 0. The van der Waals surface area contributed by atoms with Gasteiger partial charge in [-0.05, 0) is 29.3 Å². The molecule has 136 valence electrons. The van der Waals surface area contributed by atoms with Crippen molar-refractivity contribution in [1.29, 1.82) is 5.41 Å². The van der Waals surface area contributed by atoms with Crippen LogP contribution in [0, 0.1) is 5.41 Å². The maximum absolute atomic E-state index is 8.43. The number of hydrogen-bond acceptors (Lipinski definition) is 5. The SMILES string of the molecule is N=c1c2nnn(Cc3ccc(Cl)nc3)c2ncn1Cc1ccc(Cl)cc1Cl. The lowest BCUT2D eigenvalue weighted by Crippen LogP contribution is -2.22. The van der Waals surface area contributed by atoms with Crippen LogP contribution < -0.4 is 5.49 Å². The molecule has 7 nitrogen and oxygen atoms in total. The van der Waals surface area contributed by atoms with Crippen LogP contribution in [0.2, 0.25) is 15.2 Å². The molecule has 0 aliphatic rings. The molecule has 0 unspecified atom stereocenters. The molecule has 0 fully saturated rings. The lowest BCUT2D eigenvalue weighted by Gasteiger charge is -2.09. The van der Waals surface area contributed by atoms with Gasteiger partial charge in [0.2, 0.25) is 0 Å². The number of nitrogens with one attached hydrogen (secondary N) is 1. The summed E-state index contributed by atoms with van der Waals surface area (Å²) >= 11 is 18.0. The van der Waals surface area contributed by atoms with Gasteiger partial charge in [0, 0.05) is 16.2 Å². The molecule has 1 aromatic carbocycles. The summed E-state index contributed by atoms with van der Waals surface area (Å²) in [5.41, 5.74) is 2.87. The van der Waals surface area contributed by atoms with Crippen LogP contribution in [-0.4, -0.2) is 29.5 Å². The van der Waals surface area contributed by atoms with Crippen LogP contribution in [0.1, 0.15) is 11.1 Å². The van der Waals surface area contributed by atoms with E-state index in [4.69, 9.17) is 40.2 Å². The fraction of sp³-hybridized carbons (Fsp3) is 0.118. The Bertz CT molecular complexity index is 1180. The monoisotopic (exact) mass is 419 g/mol. The number of nitrogens with zero attached hydrogens (tertiary/aromatic N) is 6. The van der Waals surface area contributed by atoms with Gasteiger partial charge in [-0.2, -0.15) is 0 Å². The Morgan fingerprint density at radius 1 is 1.00 bits per heavy atom. The first-order chi connectivity index (χ1) is 13.0. The maximum Gasteiger partial charge on any atom is 0.184 e. The first-order valence-electron chi connectivity index (χ1n) is 7.89. The van der Waals surface area contributed by atoms with Gasteiger partial charge >= 0.3 is 0 Å². The molecule has 4 aromatic rings. The van der Waals surface area contributed by atoms with Gasteiger partial charge in [0.15, 0.2) is 16.7 Å². The highest BCUT2D eigenvalue weighted by atomic mass is 35.5. The van der Waals surface area contributed by atoms with Crippen LogP contribution in [0.15, 0.2) is 42.9 Å². The van der Waals surface area contributed by atoms with Gasteiger partial charge < -0.3 is 4.57 Å². The third-order valence-electron chi connectivity index (χ3n) is 4.02. The van der Waals surface area contributed by atoms with E-state index >= 15 is 0 Å². The molecule has 0 atom stereocenters. The Labute approximate surface area is 168 Å². The Kier molecular flexibility index (Phi) is 4.82. The zero-order chi connectivity index (χ0) is 19.0. The summed E-state index contributed by atoms with van der Waals surface area (Å²) in [6.45, 7) is 0.811.